The van der Waals surface area contributed by atoms with Gasteiger partial charge in [0.25, 0.3) is 0 Å². The maximum atomic E-state index is 11.5. The monoisotopic (exact) mass is 216 g/mol. The predicted molar refractivity (Wildman–Crippen MR) is 63.4 cm³/mol. The number of allylic oxidation sites excluding steroid dienone is 2. The molecule has 0 radical (unpaired) electrons. The SMILES string of the molecule is O=C1CCCC/C=C/Cc2ccccc2O1. The van der Waals surface area contributed by atoms with Crippen LogP contribution in [-0.2, 0) is 11.2 Å². The number of ether oxygens (including phenoxy) is 1. The van der Waals surface area contributed by atoms with E-state index in [0.29, 0.717) is 12.2 Å². The van der Waals surface area contributed by atoms with Crippen molar-refractivity contribution in [1.82, 2.24) is 0 Å². The summed E-state index contributed by atoms with van der Waals surface area (Å²) in [6, 6.07) is 7.74. The number of rotatable bonds is 0. The van der Waals surface area contributed by atoms with Crippen molar-refractivity contribution in [2.45, 2.75) is 32.1 Å². The zero-order valence-corrected chi connectivity index (χ0v) is 9.32. The van der Waals surface area contributed by atoms with Crippen LogP contribution >= 0.6 is 0 Å². The highest BCUT2D eigenvalue weighted by Gasteiger charge is 2.08. The first-order valence-corrected chi connectivity index (χ1v) is 5.80. The molecule has 0 aliphatic carbocycles. The molecule has 1 aromatic carbocycles. The first-order chi connectivity index (χ1) is 7.86. The first kappa shape index (κ1) is 10.9. The predicted octanol–water partition coefficient (Wildman–Crippen LogP) is 3.26. The van der Waals surface area contributed by atoms with Crippen LogP contribution in [0.25, 0.3) is 0 Å². The molecule has 0 aromatic heterocycles. The van der Waals surface area contributed by atoms with E-state index in [1.54, 1.807) is 0 Å². The smallest absolute Gasteiger partial charge is 0.311 e. The number of fused-ring (bicyclic) bond motifs is 1. The number of benzene rings is 1. The van der Waals surface area contributed by atoms with Gasteiger partial charge in [-0.05, 0) is 37.3 Å². The Morgan fingerprint density at radius 3 is 2.88 bits per heavy atom. The van der Waals surface area contributed by atoms with Crippen molar-refractivity contribution in [3.8, 4) is 5.75 Å². The fourth-order valence-electron chi connectivity index (χ4n) is 1.81. The highest BCUT2D eigenvalue weighted by Crippen LogP contribution is 2.20. The Bertz CT molecular complexity index is 393. The number of carbonyl (C=O) groups excluding carboxylic acids is 1. The lowest BCUT2D eigenvalue weighted by molar-refractivity contribution is -0.134. The van der Waals surface area contributed by atoms with E-state index >= 15 is 0 Å². The van der Waals surface area contributed by atoms with Crippen LogP contribution < -0.4 is 4.74 Å². The van der Waals surface area contributed by atoms with Gasteiger partial charge in [0.15, 0.2) is 0 Å². The lowest BCUT2D eigenvalue weighted by Gasteiger charge is -2.07. The molecule has 1 aromatic rings. The zero-order chi connectivity index (χ0) is 11.2. The van der Waals surface area contributed by atoms with Crippen LogP contribution in [0.2, 0.25) is 0 Å². The summed E-state index contributed by atoms with van der Waals surface area (Å²) in [5.74, 6) is 0.591. The maximum Gasteiger partial charge on any atom is 0.311 e. The molecule has 2 rings (SSSR count). The van der Waals surface area contributed by atoms with E-state index < -0.39 is 0 Å². The fraction of sp³-hybridized carbons (Fsp3) is 0.357. The zero-order valence-electron chi connectivity index (χ0n) is 9.32. The topological polar surface area (TPSA) is 26.3 Å². The molecule has 2 heteroatoms. The average molecular weight is 216 g/mol. The molecule has 0 bridgehead atoms. The van der Waals surface area contributed by atoms with E-state index in [1.165, 1.54) is 0 Å². The molecule has 1 aliphatic heterocycles. The fourth-order valence-corrected chi connectivity index (χ4v) is 1.81. The third-order valence-electron chi connectivity index (χ3n) is 2.70. The summed E-state index contributed by atoms with van der Waals surface area (Å²) in [6.45, 7) is 0. The Morgan fingerprint density at radius 1 is 1.06 bits per heavy atom. The van der Waals surface area contributed by atoms with E-state index in [4.69, 9.17) is 4.74 Å². The van der Waals surface area contributed by atoms with Gasteiger partial charge in [-0.1, -0.05) is 30.4 Å². The number of carbonyl (C=O) groups is 1. The van der Waals surface area contributed by atoms with Crippen molar-refractivity contribution in [1.29, 1.82) is 0 Å². The lowest BCUT2D eigenvalue weighted by atomic mass is 10.1. The Hall–Kier alpha value is -1.57. The number of para-hydroxylation sites is 1. The molecular formula is C14H16O2. The average Bonchev–Trinajstić information content (AvgIpc) is 2.33. The van der Waals surface area contributed by atoms with Crippen LogP contribution in [0.5, 0.6) is 5.75 Å². The maximum absolute atomic E-state index is 11.5. The Labute approximate surface area is 95.9 Å². The molecule has 0 N–H and O–H groups in total. The quantitative estimate of drug-likeness (QED) is 0.378. The van der Waals surface area contributed by atoms with E-state index in [9.17, 15) is 4.79 Å². The molecule has 0 saturated carbocycles. The van der Waals surface area contributed by atoms with Gasteiger partial charge in [0.2, 0.25) is 0 Å². The van der Waals surface area contributed by atoms with Gasteiger partial charge < -0.3 is 4.74 Å². The molecule has 0 fully saturated rings. The second-order valence-electron chi connectivity index (χ2n) is 4.00. The summed E-state index contributed by atoms with van der Waals surface area (Å²) in [5.41, 5.74) is 1.08. The normalized spacial score (nSPS) is 19.1. The van der Waals surface area contributed by atoms with Crippen LogP contribution in [0, 0.1) is 0 Å². The van der Waals surface area contributed by atoms with Gasteiger partial charge in [-0.3, -0.25) is 4.79 Å². The summed E-state index contributed by atoms with van der Waals surface area (Å²) in [4.78, 5) is 11.5. The largest absolute Gasteiger partial charge is 0.426 e. The van der Waals surface area contributed by atoms with Crippen LogP contribution in [0.15, 0.2) is 36.4 Å². The van der Waals surface area contributed by atoms with Gasteiger partial charge in [-0.2, -0.15) is 0 Å². The highest BCUT2D eigenvalue weighted by molar-refractivity contribution is 5.72. The van der Waals surface area contributed by atoms with Gasteiger partial charge >= 0.3 is 5.97 Å². The minimum atomic E-state index is -0.116. The molecular weight excluding hydrogens is 200 g/mol. The third kappa shape index (κ3) is 2.96. The van der Waals surface area contributed by atoms with Crippen molar-refractivity contribution < 1.29 is 9.53 Å². The molecule has 0 spiro atoms. The molecule has 0 atom stereocenters. The highest BCUT2D eigenvalue weighted by atomic mass is 16.5. The van der Waals surface area contributed by atoms with E-state index in [1.807, 2.05) is 24.3 Å². The Kier molecular flexibility index (Phi) is 3.76. The summed E-state index contributed by atoms with van der Waals surface area (Å²) < 4.78 is 5.36. The molecule has 2 nitrogen and oxygen atoms in total. The standard InChI is InChI=1S/C14H16O2/c15-14-11-5-3-1-2-4-8-12-9-6-7-10-13(12)16-14/h2,4,6-7,9-10H,1,3,5,8,11H2/b4-2+. The number of esters is 1. The number of hydrogen-bond acceptors (Lipinski definition) is 2. The van der Waals surface area contributed by atoms with Crippen molar-refractivity contribution in [2.75, 3.05) is 0 Å². The van der Waals surface area contributed by atoms with Crippen LogP contribution in [-0.4, -0.2) is 5.97 Å². The van der Waals surface area contributed by atoms with E-state index in [-0.39, 0.29) is 5.97 Å². The summed E-state index contributed by atoms with van der Waals surface area (Å²) >= 11 is 0. The molecule has 16 heavy (non-hydrogen) atoms. The molecule has 0 amide bonds. The molecule has 0 saturated heterocycles. The van der Waals surface area contributed by atoms with Gasteiger partial charge in [0.1, 0.15) is 5.75 Å². The van der Waals surface area contributed by atoms with E-state index in [0.717, 1.165) is 31.2 Å². The van der Waals surface area contributed by atoms with Gasteiger partial charge in [-0.15, -0.1) is 0 Å². The summed E-state index contributed by atoms with van der Waals surface area (Å²) in [5, 5.41) is 0. The van der Waals surface area contributed by atoms with Gasteiger partial charge in [0.05, 0.1) is 0 Å². The lowest BCUT2D eigenvalue weighted by Crippen LogP contribution is -2.08. The van der Waals surface area contributed by atoms with Crippen molar-refractivity contribution in [3.63, 3.8) is 0 Å². The molecule has 0 unspecified atom stereocenters. The van der Waals surface area contributed by atoms with Gasteiger partial charge in [-0.25, -0.2) is 0 Å². The second-order valence-corrected chi connectivity index (χ2v) is 4.00. The van der Waals surface area contributed by atoms with Crippen molar-refractivity contribution in [2.24, 2.45) is 0 Å². The van der Waals surface area contributed by atoms with Crippen LogP contribution in [0.4, 0.5) is 0 Å². The number of hydrogen-bond donors (Lipinski definition) is 0. The van der Waals surface area contributed by atoms with Crippen molar-refractivity contribution in [3.05, 3.63) is 42.0 Å². The van der Waals surface area contributed by atoms with Crippen LogP contribution in [0.1, 0.15) is 31.2 Å². The van der Waals surface area contributed by atoms with Crippen LogP contribution in [0.3, 0.4) is 0 Å². The Morgan fingerprint density at radius 2 is 1.94 bits per heavy atom. The molecule has 84 valence electrons. The summed E-state index contributed by atoms with van der Waals surface area (Å²) in [7, 11) is 0. The third-order valence-corrected chi connectivity index (χ3v) is 2.70. The molecule has 1 heterocycles. The summed E-state index contributed by atoms with van der Waals surface area (Å²) in [6.07, 6.45) is 8.71. The van der Waals surface area contributed by atoms with Gasteiger partial charge in [0, 0.05) is 6.42 Å². The second kappa shape index (κ2) is 5.50. The Balaban J connectivity index is 2.21. The van der Waals surface area contributed by atoms with E-state index in [2.05, 4.69) is 12.2 Å². The molecule has 1 aliphatic rings. The first-order valence-electron chi connectivity index (χ1n) is 5.80. The minimum absolute atomic E-state index is 0.116. The van der Waals surface area contributed by atoms with Crippen molar-refractivity contribution >= 4 is 5.97 Å². The minimum Gasteiger partial charge on any atom is -0.426 e.